The molecule has 0 fully saturated rings. The molecule has 3 rings (SSSR count). The fourth-order valence-corrected chi connectivity index (χ4v) is 2.30. The second kappa shape index (κ2) is 5.84. The van der Waals surface area contributed by atoms with E-state index in [2.05, 4.69) is 15.1 Å². The number of hydrogen-bond donors (Lipinski definition) is 0. The van der Waals surface area contributed by atoms with Gasteiger partial charge in [-0.3, -0.25) is 10.1 Å². The lowest BCUT2D eigenvalue weighted by Gasteiger charge is -2.12. The summed E-state index contributed by atoms with van der Waals surface area (Å²) in [6.07, 6.45) is -3.72. The van der Waals surface area contributed by atoms with Crippen molar-refractivity contribution in [3.8, 4) is 11.6 Å². The second-order valence-electron chi connectivity index (χ2n) is 4.88. The number of benzene rings is 1. The normalized spacial score (nSPS) is 11.7. The van der Waals surface area contributed by atoms with E-state index in [1.165, 1.54) is 13.0 Å². The van der Waals surface area contributed by atoms with Gasteiger partial charge in [0, 0.05) is 6.07 Å². The van der Waals surface area contributed by atoms with Crippen LogP contribution < -0.4 is 4.74 Å². The van der Waals surface area contributed by atoms with Gasteiger partial charge in [-0.2, -0.15) is 27.8 Å². The van der Waals surface area contributed by atoms with E-state index in [0.29, 0.717) is 11.6 Å². The monoisotopic (exact) mass is 373 g/mol. The molecule has 0 amide bonds. The molecule has 0 aliphatic carbocycles. The van der Waals surface area contributed by atoms with Crippen molar-refractivity contribution in [2.75, 3.05) is 0 Å². The third-order valence-electron chi connectivity index (χ3n) is 3.17. The third-order valence-corrected chi connectivity index (χ3v) is 3.47. The maximum Gasteiger partial charge on any atom is 0.433 e. The molecule has 0 aliphatic rings. The van der Waals surface area contributed by atoms with Crippen LogP contribution in [-0.4, -0.2) is 24.5 Å². The molecule has 0 aliphatic heterocycles. The van der Waals surface area contributed by atoms with Crippen LogP contribution in [-0.2, 0) is 6.18 Å². The lowest BCUT2D eigenvalue weighted by atomic mass is 10.2. The molecule has 0 radical (unpaired) electrons. The summed E-state index contributed by atoms with van der Waals surface area (Å²) >= 11 is 5.78. The number of rotatable bonds is 3. The van der Waals surface area contributed by atoms with Crippen LogP contribution in [0.2, 0.25) is 5.02 Å². The molecule has 25 heavy (non-hydrogen) atoms. The lowest BCUT2D eigenvalue weighted by Crippen LogP contribution is -2.11. The van der Waals surface area contributed by atoms with Gasteiger partial charge in [0.05, 0.1) is 11.0 Å². The molecule has 0 N–H and O–H groups in total. The molecule has 2 aromatic heterocycles. The van der Waals surface area contributed by atoms with Gasteiger partial charge in [0.15, 0.2) is 5.69 Å². The van der Waals surface area contributed by atoms with Gasteiger partial charge in [0.2, 0.25) is 5.88 Å². The highest BCUT2D eigenvalue weighted by atomic mass is 35.5. The predicted octanol–water partition coefficient (Wildman–Crippen LogP) is 3.81. The zero-order valence-corrected chi connectivity index (χ0v) is 13.0. The minimum absolute atomic E-state index is 0.0489. The van der Waals surface area contributed by atoms with Crippen LogP contribution in [0, 0.1) is 17.0 Å². The first-order valence-electron chi connectivity index (χ1n) is 6.57. The smallest absolute Gasteiger partial charge is 0.433 e. The molecule has 8 nitrogen and oxygen atoms in total. The van der Waals surface area contributed by atoms with E-state index in [1.807, 2.05) is 0 Å². The average molecular weight is 374 g/mol. The van der Waals surface area contributed by atoms with Crippen molar-refractivity contribution < 1.29 is 22.8 Å². The largest absolute Gasteiger partial charge is 0.438 e. The first-order chi connectivity index (χ1) is 11.7. The molecular formula is C13H7ClF3N5O3. The van der Waals surface area contributed by atoms with Crippen molar-refractivity contribution in [1.29, 1.82) is 0 Å². The van der Waals surface area contributed by atoms with Crippen LogP contribution in [0.5, 0.6) is 11.6 Å². The summed E-state index contributed by atoms with van der Waals surface area (Å²) < 4.78 is 45.2. The van der Waals surface area contributed by atoms with Crippen molar-refractivity contribution in [3.05, 3.63) is 50.9 Å². The van der Waals surface area contributed by atoms with E-state index in [-0.39, 0.29) is 22.4 Å². The van der Waals surface area contributed by atoms with Gasteiger partial charge < -0.3 is 4.74 Å². The maximum atomic E-state index is 13.0. The number of nitro groups is 1. The van der Waals surface area contributed by atoms with Crippen LogP contribution in [0.3, 0.4) is 0 Å². The Morgan fingerprint density at radius 2 is 2.04 bits per heavy atom. The summed E-state index contributed by atoms with van der Waals surface area (Å²) in [5, 5.41) is 14.6. The van der Waals surface area contributed by atoms with E-state index in [0.717, 1.165) is 16.9 Å². The highest BCUT2D eigenvalue weighted by molar-refractivity contribution is 6.32. The minimum atomic E-state index is -4.73. The Morgan fingerprint density at radius 1 is 1.32 bits per heavy atom. The number of alkyl halides is 3. The fraction of sp³-hybridized carbons (Fsp3) is 0.154. The van der Waals surface area contributed by atoms with Gasteiger partial charge in [0.25, 0.3) is 11.5 Å². The van der Waals surface area contributed by atoms with Crippen molar-refractivity contribution >= 4 is 23.1 Å². The Kier molecular flexibility index (Phi) is 3.95. The number of nitrogens with zero attached hydrogens (tertiary/aromatic N) is 5. The van der Waals surface area contributed by atoms with Crippen LogP contribution in [0.1, 0.15) is 11.3 Å². The highest BCUT2D eigenvalue weighted by Gasteiger charge is 2.34. The molecule has 0 bridgehead atoms. The van der Waals surface area contributed by atoms with Crippen molar-refractivity contribution in [1.82, 2.24) is 19.6 Å². The number of nitro benzene ring substituents is 1. The third kappa shape index (κ3) is 3.18. The molecule has 3 aromatic rings. The summed E-state index contributed by atoms with van der Waals surface area (Å²) in [6.45, 7) is 1.54. The molecular weight excluding hydrogens is 367 g/mol. The van der Waals surface area contributed by atoms with E-state index in [1.54, 1.807) is 0 Å². The molecule has 0 saturated carbocycles. The second-order valence-corrected chi connectivity index (χ2v) is 5.28. The predicted molar refractivity (Wildman–Crippen MR) is 78.7 cm³/mol. The van der Waals surface area contributed by atoms with Gasteiger partial charge >= 0.3 is 6.18 Å². The zero-order chi connectivity index (χ0) is 18.4. The number of aryl methyl sites for hydroxylation is 1. The molecule has 0 saturated heterocycles. The van der Waals surface area contributed by atoms with Gasteiger partial charge in [-0.25, -0.2) is 4.98 Å². The van der Waals surface area contributed by atoms with Gasteiger partial charge in [-0.1, -0.05) is 11.6 Å². The highest BCUT2D eigenvalue weighted by Crippen LogP contribution is 2.36. The SMILES string of the molecule is Cc1cc(Cl)c([N+](=O)[O-])cc1Oc1cc(C(F)(F)F)nc2ncnn12. The molecule has 0 atom stereocenters. The van der Waals surface area contributed by atoms with Gasteiger partial charge in [0.1, 0.15) is 17.1 Å². The quantitative estimate of drug-likeness (QED) is 0.511. The molecule has 0 unspecified atom stereocenters. The number of halogens is 4. The number of ether oxygens (including phenoxy) is 1. The topological polar surface area (TPSA) is 95.5 Å². The molecule has 0 spiro atoms. The number of aromatic nitrogens is 4. The molecule has 2 heterocycles. The summed E-state index contributed by atoms with van der Waals surface area (Å²) in [4.78, 5) is 17.2. The Hall–Kier alpha value is -2.95. The minimum Gasteiger partial charge on any atom is -0.438 e. The van der Waals surface area contributed by atoms with E-state index < -0.39 is 22.5 Å². The standard InChI is InChI=1S/C13H7ClF3N5O3/c1-6-2-7(14)8(22(23)24)3-9(6)25-11-4-10(13(15,16)17)20-12-18-5-19-21(11)12/h2-5H,1H3. The molecule has 12 heteroatoms. The Bertz CT molecular complexity index is 989. The first kappa shape index (κ1) is 16.9. The lowest BCUT2D eigenvalue weighted by molar-refractivity contribution is -0.384. The van der Waals surface area contributed by atoms with Crippen LogP contribution in [0.15, 0.2) is 24.5 Å². The van der Waals surface area contributed by atoms with E-state index >= 15 is 0 Å². The van der Waals surface area contributed by atoms with E-state index in [9.17, 15) is 23.3 Å². The van der Waals surface area contributed by atoms with Crippen LogP contribution in [0.25, 0.3) is 5.78 Å². The Balaban J connectivity index is 2.14. The zero-order valence-electron chi connectivity index (χ0n) is 12.3. The summed E-state index contributed by atoms with van der Waals surface area (Å²) in [7, 11) is 0. The van der Waals surface area contributed by atoms with Crippen molar-refractivity contribution in [2.45, 2.75) is 13.1 Å². The number of fused-ring (bicyclic) bond motifs is 1. The molecule has 130 valence electrons. The summed E-state index contributed by atoms with van der Waals surface area (Å²) in [6, 6.07) is 2.93. The van der Waals surface area contributed by atoms with E-state index in [4.69, 9.17) is 16.3 Å². The Morgan fingerprint density at radius 3 is 2.68 bits per heavy atom. The maximum absolute atomic E-state index is 13.0. The van der Waals surface area contributed by atoms with Crippen molar-refractivity contribution in [3.63, 3.8) is 0 Å². The summed E-state index contributed by atoms with van der Waals surface area (Å²) in [5.74, 6) is -0.729. The fourth-order valence-electron chi connectivity index (χ4n) is 2.01. The summed E-state index contributed by atoms with van der Waals surface area (Å²) in [5.41, 5.74) is -1.29. The van der Waals surface area contributed by atoms with Gasteiger partial charge in [-0.15, -0.1) is 0 Å². The van der Waals surface area contributed by atoms with Crippen LogP contribution >= 0.6 is 11.6 Å². The van der Waals surface area contributed by atoms with Crippen molar-refractivity contribution in [2.24, 2.45) is 0 Å². The Labute approximate surface area is 142 Å². The first-order valence-corrected chi connectivity index (χ1v) is 6.95. The molecule has 1 aromatic carbocycles. The van der Waals surface area contributed by atoms with Crippen LogP contribution in [0.4, 0.5) is 18.9 Å². The van der Waals surface area contributed by atoms with Gasteiger partial charge in [-0.05, 0) is 18.6 Å². The number of hydrogen-bond acceptors (Lipinski definition) is 6. The average Bonchev–Trinajstić information content (AvgIpc) is 2.97.